The molecule has 2 N–H and O–H groups in total. The van der Waals surface area contributed by atoms with E-state index in [0.717, 1.165) is 22.1 Å². The molecule has 0 unspecified atom stereocenters. The second kappa shape index (κ2) is 9.43. The molecule has 0 saturated carbocycles. The summed E-state index contributed by atoms with van der Waals surface area (Å²) < 4.78 is 38.1. The fourth-order valence-corrected chi connectivity index (χ4v) is 3.23. The maximum Gasteiger partial charge on any atom is 0.330 e. The van der Waals surface area contributed by atoms with E-state index in [0.29, 0.717) is 5.75 Å². The van der Waals surface area contributed by atoms with Gasteiger partial charge in [-0.3, -0.25) is 0 Å². The first-order chi connectivity index (χ1) is 14.3. The van der Waals surface area contributed by atoms with Crippen LogP contribution in [0.3, 0.4) is 0 Å². The van der Waals surface area contributed by atoms with Crippen LogP contribution in [-0.2, 0) is 19.6 Å². The molecule has 0 atom stereocenters. The smallest absolute Gasteiger partial charge is 0.330 e. The SMILES string of the molecule is COc1ccc2cc(/C=C/C(=O)OCCOc3ccc(S(N)(=O)=O)cc3)ccc2c1. The van der Waals surface area contributed by atoms with Gasteiger partial charge >= 0.3 is 5.97 Å². The van der Waals surface area contributed by atoms with Gasteiger partial charge in [-0.2, -0.15) is 0 Å². The van der Waals surface area contributed by atoms with Gasteiger partial charge in [0.25, 0.3) is 0 Å². The van der Waals surface area contributed by atoms with Crippen molar-refractivity contribution in [3.8, 4) is 11.5 Å². The van der Waals surface area contributed by atoms with Crippen LogP contribution in [0.25, 0.3) is 16.8 Å². The summed E-state index contributed by atoms with van der Waals surface area (Å²) in [5, 5.41) is 7.11. The van der Waals surface area contributed by atoms with Gasteiger partial charge in [-0.1, -0.05) is 18.2 Å². The van der Waals surface area contributed by atoms with E-state index in [1.807, 2.05) is 36.4 Å². The van der Waals surface area contributed by atoms with E-state index >= 15 is 0 Å². The number of sulfonamides is 1. The summed E-state index contributed by atoms with van der Waals surface area (Å²) in [6.07, 6.45) is 3.03. The number of hydrogen-bond donors (Lipinski definition) is 1. The summed E-state index contributed by atoms with van der Waals surface area (Å²) in [4.78, 5) is 11.9. The highest BCUT2D eigenvalue weighted by molar-refractivity contribution is 7.89. The van der Waals surface area contributed by atoms with Gasteiger partial charge < -0.3 is 14.2 Å². The lowest BCUT2D eigenvalue weighted by molar-refractivity contribution is -0.138. The molecule has 0 aliphatic heterocycles. The predicted molar refractivity (Wildman–Crippen MR) is 114 cm³/mol. The van der Waals surface area contributed by atoms with E-state index in [2.05, 4.69) is 0 Å². The van der Waals surface area contributed by atoms with Crippen molar-refractivity contribution in [3.63, 3.8) is 0 Å². The number of carbonyl (C=O) groups excluding carboxylic acids is 1. The number of hydrogen-bond acceptors (Lipinski definition) is 6. The summed E-state index contributed by atoms with van der Waals surface area (Å²) in [7, 11) is -2.11. The lowest BCUT2D eigenvalue weighted by Crippen LogP contribution is -2.12. The van der Waals surface area contributed by atoms with E-state index in [1.54, 1.807) is 13.2 Å². The largest absolute Gasteiger partial charge is 0.497 e. The Hall–Kier alpha value is -3.36. The van der Waals surface area contributed by atoms with E-state index < -0.39 is 16.0 Å². The molecule has 0 saturated heterocycles. The van der Waals surface area contributed by atoms with Crippen LogP contribution in [0.2, 0.25) is 0 Å². The molecule has 0 aliphatic carbocycles. The molecule has 0 spiro atoms. The van der Waals surface area contributed by atoms with Gasteiger partial charge in [-0.05, 0) is 64.9 Å². The number of esters is 1. The lowest BCUT2D eigenvalue weighted by atomic mass is 10.1. The number of rotatable bonds is 8. The van der Waals surface area contributed by atoms with Crippen LogP contribution in [-0.4, -0.2) is 34.7 Å². The molecule has 0 radical (unpaired) electrons. The Balaban J connectivity index is 1.47. The third kappa shape index (κ3) is 5.82. The van der Waals surface area contributed by atoms with E-state index in [4.69, 9.17) is 19.3 Å². The van der Waals surface area contributed by atoms with Crippen molar-refractivity contribution in [1.29, 1.82) is 0 Å². The monoisotopic (exact) mass is 427 g/mol. The minimum absolute atomic E-state index is 0.000701. The van der Waals surface area contributed by atoms with Crippen molar-refractivity contribution in [2.24, 2.45) is 5.14 Å². The Morgan fingerprint density at radius 3 is 2.30 bits per heavy atom. The first-order valence-electron chi connectivity index (χ1n) is 9.03. The van der Waals surface area contributed by atoms with E-state index in [-0.39, 0.29) is 18.1 Å². The van der Waals surface area contributed by atoms with Crippen molar-refractivity contribution >= 4 is 32.8 Å². The maximum absolute atomic E-state index is 11.9. The Kier molecular flexibility index (Phi) is 6.71. The molecule has 0 aromatic heterocycles. The van der Waals surface area contributed by atoms with Gasteiger partial charge in [0.05, 0.1) is 12.0 Å². The van der Waals surface area contributed by atoms with Gasteiger partial charge in [0.2, 0.25) is 10.0 Å². The predicted octanol–water partition coefficient (Wildman–Crippen LogP) is 3.13. The third-order valence-electron chi connectivity index (χ3n) is 4.23. The Bertz CT molecular complexity index is 1170. The standard InChI is InChI=1S/C22H21NO6S/c1-27-20-6-5-17-14-16(2-4-18(17)15-20)3-11-22(24)29-13-12-28-19-7-9-21(10-8-19)30(23,25)26/h2-11,14-15H,12-13H2,1H3,(H2,23,25,26)/b11-3+. The quantitative estimate of drug-likeness (QED) is 0.336. The van der Waals surface area contributed by atoms with Crippen LogP contribution in [0.4, 0.5) is 0 Å². The number of fused-ring (bicyclic) bond motifs is 1. The first kappa shape index (κ1) is 21.4. The summed E-state index contributed by atoms with van der Waals surface area (Å²) in [6.45, 7) is 0.184. The van der Waals surface area contributed by atoms with E-state index in [9.17, 15) is 13.2 Å². The molecule has 3 rings (SSSR count). The molecule has 0 bridgehead atoms. The minimum Gasteiger partial charge on any atom is -0.497 e. The number of nitrogens with two attached hydrogens (primary N) is 1. The number of ether oxygens (including phenoxy) is 3. The van der Waals surface area contributed by atoms with Crippen LogP contribution in [0.1, 0.15) is 5.56 Å². The van der Waals surface area contributed by atoms with Gasteiger partial charge in [0.1, 0.15) is 24.7 Å². The zero-order valence-corrected chi connectivity index (χ0v) is 17.1. The second-order valence-electron chi connectivity index (χ2n) is 6.34. The Labute approximate surface area is 174 Å². The number of methoxy groups -OCH3 is 1. The van der Waals surface area contributed by atoms with Crippen LogP contribution in [0.5, 0.6) is 11.5 Å². The zero-order chi connectivity index (χ0) is 21.6. The van der Waals surface area contributed by atoms with Gasteiger partial charge in [-0.15, -0.1) is 0 Å². The summed E-state index contributed by atoms with van der Waals surface area (Å²) in [5.41, 5.74) is 0.871. The lowest BCUT2D eigenvalue weighted by Gasteiger charge is -2.07. The summed E-state index contributed by atoms with van der Waals surface area (Å²) >= 11 is 0. The summed E-state index contributed by atoms with van der Waals surface area (Å²) in [6, 6.07) is 17.3. The molecule has 0 heterocycles. The van der Waals surface area contributed by atoms with Crippen LogP contribution in [0.15, 0.2) is 71.6 Å². The van der Waals surface area contributed by atoms with Crippen LogP contribution < -0.4 is 14.6 Å². The fraction of sp³-hybridized carbons (Fsp3) is 0.136. The molecule has 156 valence electrons. The first-order valence-corrected chi connectivity index (χ1v) is 10.6. The van der Waals surface area contributed by atoms with Crippen LogP contribution in [0, 0.1) is 0 Å². The number of primary sulfonamides is 1. The molecule has 0 aliphatic rings. The third-order valence-corrected chi connectivity index (χ3v) is 5.16. The number of benzene rings is 3. The molecule has 3 aromatic rings. The van der Waals surface area contributed by atoms with Gasteiger partial charge in [0.15, 0.2) is 0 Å². The van der Waals surface area contributed by atoms with Crippen molar-refractivity contribution in [2.75, 3.05) is 20.3 Å². The molecule has 7 nitrogen and oxygen atoms in total. The average Bonchev–Trinajstić information content (AvgIpc) is 2.74. The zero-order valence-electron chi connectivity index (χ0n) is 16.3. The molecule has 3 aromatic carbocycles. The van der Waals surface area contributed by atoms with Crippen molar-refractivity contribution in [1.82, 2.24) is 0 Å². The molecule has 30 heavy (non-hydrogen) atoms. The second-order valence-corrected chi connectivity index (χ2v) is 7.90. The van der Waals surface area contributed by atoms with Gasteiger partial charge in [-0.25, -0.2) is 18.4 Å². The molecule has 0 amide bonds. The Morgan fingerprint density at radius 2 is 1.60 bits per heavy atom. The fourth-order valence-electron chi connectivity index (χ4n) is 2.71. The van der Waals surface area contributed by atoms with E-state index in [1.165, 1.54) is 30.3 Å². The highest BCUT2D eigenvalue weighted by atomic mass is 32.2. The normalized spacial score (nSPS) is 11.5. The highest BCUT2D eigenvalue weighted by Gasteiger charge is 2.07. The Morgan fingerprint density at radius 1 is 0.933 bits per heavy atom. The minimum atomic E-state index is -3.74. The average molecular weight is 427 g/mol. The molecular formula is C22H21NO6S. The maximum atomic E-state index is 11.9. The van der Waals surface area contributed by atoms with Crippen molar-refractivity contribution < 1.29 is 27.4 Å². The molecular weight excluding hydrogens is 406 g/mol. The molecule has 8 heteroatoms. The molecule has 0 fully saturated rings. The highest BCUT2D eigenvalue weighted by Crippen LogP contribution is 2.22. The summed E-state index contributed by atoms with van der Waals surface area (Å²) in [5.74, 6) is 0.747. The van der Waals surface area contributed by atoms with Crippen molar-refractivity contribution in [3.05, 3.63) is 72.3 Å². The van der Waals surface area contributed by atoms with Crippen LogP contribution >= 0.6 is 0 Å². The number of carbonyl (C=O) groups is 1. The topological polar surface area (TPSA) is 105 Å². The van der Waals surface area contributed by atoms with Gasteiger partial charge in [0, 0.05) is 6.08 Å². The van der Waals surface area contributed by atoms with Crippen molar-refractivity contribution in [2.45, 2.75) is 4.90 Å².